The molecule has 0 aromatic carbocycles. The Morgan fingerprint density at radius 3 is 2.40 bits per heavy atom. The van der Waals surface area contributed by atoms with Gasteiger partial charge in [-0.1, -0.05) is 12.8 Å². The third-order valence-electron chi connectivity index (χ3n) is 3.13. The average Bonchev–Trinajstić information content (AvgIpc) is 2.65. The maximum atomic E-state index is 11.1. The van der Waals surface area contributed by atoms with Crippen LogP contribution in [-0.4, -0.2) is 23.7 Å². The quantitative estimate of drug-likeness (QED) is 0.711. The van der Waals surface area contributed by atoms with E-state index in [-0.39, 0.29) is 12.4 Å². The summed E-state index contributed by atoms with van der Waals surface area (Å²) in [5.41, 5.74) is -0.660. The zero-order valence-electron chi connectivity index (χ0n) is 9.12. The third-order valence-corrected chi connectivity index (χ3v) is 3.13. The molecule has 1 saturated carbocycles. The normalized spacial score (nSPS) is 18.7. The summed E-state index contributed by atoms with van der Waals surface area (Å²) in [5, 5.41) is 9.15. The highest BCUT2D eigenvalue weighted by Gasteiger charge is 2.41. The molecule has 0 aromatic heterocycles. The topological polar surface area (TPSA) is 63.6 Å². The Kier molecular flexibility index (Phi) is 4.12. The number of hydrogen-bond donors (Lipinski definition) is 1. The molecule has 1 aliphatic rings. The fourth-order valence-corrected chi connectivity index (χ4v) is 2.20. The van der Waals surface area contributed by atoms with Crippen molar-refractivity contribution < 1.29 is 19.4 Å². The summed E-state index contributed by atoms with van der Waals surface area (Å²) >= 11 is 0. The summed E-state index contributed by atoms with van der Waals surface area (Å²) in [6, 6.07) is 0. The fourth-order valence-electron chi connectivity index (χ4n) is 2.20. The van der Waals surface area contributed by atoms with Crippen molar-refractivity contribution in [1.29, 1.82) is 0 Å². The van der Waals surface area contributed by atoms with E-state index >= 15 is 0 Å². The van der Waals surface area contributed by atoms with Gasteiger partial charge in [0.1, 0.15) is 0 Å². The molecule has 0 radical (unpaired) electrons. The number of carboxylic acid groups (broad SMARTS) is 1. The van der Waals surface area contributed by atoms with Gasteiger partial charge in [0.2, 0.25) is 0 Å². The van der Waals surface area contributed by atoms with Gasteiger partial charge in [-0.3, -0.25) is 9.59 Å². The average molecular weight is 214 g/mol. The molecule has 0 amide bonds. The minimum absolute atomic E-state index is 0.222. The highest BCUT2D eigenvalue weighted by atomic mass is 16.5. The van der Waals surface area contributed by atoms with Crippen LogP contribution >= 0.6 is 0 Å². The van der Waals surface area contributed by atoms with Crippen molar-refractivity contribution >= 4 is 11.9 Å². The second-order valence-corrected chi connectivity index (χ2v) is 4.10. The van der Waals surface area contributed by atoms with Gasteiger partial charge in [0, 0.05) is 6.42 Å². The summed E-state index contributed by atoms with van der Waals surface area (Å²) in [5.74, 6) is -1.05. The van der Waals surface area contributed by atoms with Crippen LogP contribution in [0.5, 0.6) is 0 Å². The number of hydrogen-bond acceptors (Lipinski definition) is 3. The Bertz CT molecular complexity index is 241. The zero-order valence-corrected chi connectivity index (χ0v) is 9.12. The molecule has 1 rings (SSSR count). The number of rotatable bonds is 5. The molecule has 1 aliphatic carbocycles. The predicted molar refractivity (Wildman–Crippen MR) is 54.4 cm³/mol. The van der Waals surface area contributed by atoms with Gasteiger partial charge >= 0.3 is 11.9 Å². The highest BCUT2D eigenvalue weighted by molar-refractivity contribution is 5.76. The molecular weight excluding hydrogens is 196 g/mol. The molecule has 0 saturated heterocycles. The molecular formula is C11H18O4. The number of carboxylic acids is 1. The number of carbonyl (C=O) groups excluding carboxylic acids is 1. The standard InChI is InChI=1S/C11H18O4/c1-2-15-9(12)5-8-11(10(13)14)6-3-4-7-11/h2-8H2,1H3,(H,13,14). The third kappa shape index (κ3) is 2.94. The van der Waals surface area contributed by atoms with Crippen LogP contribution in [-0.2, 0) is 14.3 Å². The van der Waals surface area contributed by atoms with Crippen molar-refractivity contribution in [3.8, 4) is 0 Å². The van der Waals surface area contributed by atoms with Crippen LogP contribution in [0, 0.1) is 5.41 Å². The SMILES string of the molecule is CCOC(=O)CCC1(C(=O)O)CCCC1. The summed E-state index contributed by atoms with van der Waals surface area (Å²) in [7, 11) is 0. The minimum atomic E-state index is -0.760. The first-order chi connectivity index (χ1) is 7.10. The van der Waals surface area contributed by atoms with Gasteiger partial charge in [-0.05, 0) is 26.2 Å². The summed E-state index contributed by atoms with van der Waals surface area (Å²) in [4.78, 5) is 22.3. The van der Waals surface area contributed by atoms with Crippen molar-refractivity contribution in [1.82, 2.24) is 0 Å². The van der Waals surface area contributed by atoms with Gasteiger partial charge in [0.25, 0.3) is 0 Å². The highest BCUT2D eigenvalue weighted by Crippen LogP contribution is 2.42. The van der Waals surface area contributed by atoms with E-state index < -0.39 is 11.4 Å². The van der Waals surface area contributed by atoms with Gasteiger partial charge in [-0.25, -0.2) is 0 Å². The Morgan fingerprint density at radius 2 is 1.93 bits per heavy atom. The summed E-state index contributed by atoms with van der Waals surface area (Å²) in [6.07, 6.45) is 3.94. The van der Waals surface area contributed by atoms with Crippen molar-refractivity contribution in [2.24, 2.45) is 5.41 Å². The maximum Gasteiger partial charge on any atom is 0.309 e. The van der Waals surface area contributed by atoms with Crippen molar-refractivity contribution in [3.05, 3.63) is 0 Å². The lowest BCUT2D eigenvalue weighted by Crippen LogP contribution is -2.28. The smallest absolute Gasteiger partial charge is 0.309 e. The van der Waals surface area contributed by atoms with E-state index in [2.05, 4.69) is 0 Å². The number of aliphatic carboxylic acids is 1. The molecule has 0 aliphatic heterocycles. The lowest BCUT2D eigenvalue weighted by molar-refractivity contribution is -0.150. The van der Waals surface area contributed by atoms with E-state index in [1.54, 1.807) is 6.92 Å². The Hall–Kier alpha value is -1.06. The Morgan fingerprint density at radius 1 is 1.33 bits per heavy atom. The molecule has 0 atom stereocenters. The van der Waals surface area contributed by atoms with E-state index in [0.717, 1.165) is 12.8 Å². The van der Waals surface area contributed by atoms with Crippen molar-refractivity contribution in [2.75, 3.05) is 6.61 Å². The largest absolute Gasteiger partial charge is 0.481 e. The molecule has 0 bridgehead atoms. The molecule has 0 spiro atoms. The summed E-state index contributed by atoms with van der Waals surface area (Å²) < 4.78 is 4.79. The molecule has 1 fully saturated rings. The van der Waals surface area contributed by atoms with Gasteiger partial charge in [0.05, 0.1) is 12.0 Å². The first kappa shape index (κ1) is 12.0. The minimum Gasteiger partial charge on any atom is -0.481 e. The van der Waals surface area contributed by atoms with Crippen LogP contribution in [0.25, 0.3) is 0 Å². The van der Waals surface area contributed by atoms with E-state index in [9.17, 15) is 9.59 Å². The maximum absolute atomic E-state index is 11.1. The van der Waals surface area contributed by atoms with Gasteiger partial charge in [-0.15, -0.1) is 0 Å². The molecule has 4 heteroatoms. The second kappa shape index (κ2) is 5.14. The number of carbonyl (C=O) groups is 2. The summed E-state index contributed by atoms with van der Waals surface area (Å²) in [6.45, 7) is 2.11. The first-order valence-electron chi connectivity index (χ1n) is 5.50. The van der Waals surface area contributed by atoms with Crippen molar-refractivity contribution in [3.63, 3.8) is 0 Å². The van der Waals surface area contributed by atoms with Crippen LogP contribution in [0.15, 0.2) is 0 Å². The number of esters is 1. The molecule has 0 heterocycles. The predicted octanol–water partition coefficient (Wildman–Crippen LogP) is 1.97. The molecule has 0 aromatic rings. The lowest BCUT2D eigenvalue weighted by atomic mass is 9.82. The lowest BCUT2D eigenvalue weighted by Gasteiger charge is -2.22. The van der Waals surface area contributed by atoms with Crippen LogP contribution in [0.4, 0.5) is 0 Å². The molecule has 4 nitrogen and oxygen atoms in total. The molecule has 0 unspecified atom stereocenters. The zero-order chi connectivity index (χ0) is 11.3. The van der Waals surface area contributed by atoms with Crippen LogP contribution in [0.3, 0.4) is 0 Å². The molecule has 86 valence electrons. The van der Waals surface area contributed by atoms with E-state index in [1.165, 1.54) is 0 Å². The Labute approximate surface area is 89.6 Å². The second-order valence-electron chi connectivity index (χ2n) is 4.10. The van der Waals surface area contributed by atoms with Gasteiger partial charge in [-0.2, -0.15) is 0 Å². The van der Waals surface area contributed by atoms with E-state index in [4.69, 9.17) is 9.84 Å². The van der Waals surface area contributed by atoms with Crippen LogP contribution in [0.2, 0.25) is 0 Å². The van der Waals surface area contributed by atoms with Crippen molar-refractivity contribution in [2.45, 2.75) is 45.4 Å². The van der Waals surface area contributed by atoms with E-state index in [0.29, 0.717) is 25.9 Å². The monoisotopic (exact) mass is 214 g/mol. The van der Waals surface area contributed by atoms with Crippen LogP contribution in [0.1, 0.15) is 45.4 Å². The Balaban J connectivity index is 2.46. The van der Waals surface area contributed by atoms with Crippen LogP contribution < -0.4 is 0 Å². The number of ether oxygens (including phenoxy) is 1. The fraction of sp³-hybridized carbons (Fsp3) is 0.818. The first-order valence-corrected chi connectivity index (χ1v) is 5.50. The molecule has 15 heavy (non-hydrogen) atoms. The van der Waals surface area contributed by atoms with Gasteiger partial charge < -0.3 is 9.84 Å². The van der Waals surface area contributed by atoms with E-state index in [1.807, 2.05) is 0 Å². The molecule has 1 N–H and O–H groups in total. The van der Waals surface area contributed by atoms with Gasteiger partial charge in [0.15, 0.2) is 0 Å².